The summed E-state index contributed by atoms with van der Waals surface area (Å²) in [6, 6.07) is 5.06. The molecule has 0 spiro atoms. The first kappa shape index (κ1) is 11.0. The Labute approximate surface area is 97.9 Å². The van der Waals surface area contributed by atoms with Crippen LogP contribution in [-0.2, 0) is 0 Å². The summed E-state index contributed by atoms with van der Waals surface area (Å²) < 4.78 is 5.57. The monoisotopic (exact) mass is 247 g/mol. The second-order valence-corrected chi connectivity index (χ2v) is 4.27. The van der Waals surface area contributed by atoms with Gasteiger partial charge in [-0.25, -0.2) is 0 Å². The summed E-state index contributed by atoms with van der Waals surface area (Å²) >= 11 is 11.6. The number of hydrogen-bond donors (Lipinski definition) is 2. The van der Waals surface area contributed by atoms with Crippen molar-refractivity contribution < 1.29 is 9.84 Å². The van der Waals surface area contributed by atoms with E-state index in [1.54, 1.807) is 18.2 Å². The molecule has 2 N–H and O–H groups in total. The van der Waals surface area contributed by atoms with Gasteiger partial charge in [0, 0.05) is 19.2 Å². The third kappa shape index (κ3) is 2.55. The van der Waals surface area contributed by atoms with E-state index in [1.165, 1.54) is 0 Å². The Hall–Kier alpha value is -0.480. The highest BCUT2D eigenvalue weighted by molar-refractivity contribution is 6.42. The van der Waals surface area contributed by atoms with Crippen molar-refractivity contribution in [2.75, 3.05) is 13.1 Å². The van der Waals surface area contributed by atoms with Crippen molar-refractivity contribution >= 4 is 23.2 Å². The molecule has 1 heterocycles. The highest BCUT2D eigenvalue weighted by Crippen LogP contribution is 2.27. The molecule has 0 amide bonds. The van der Waals surface area contributed by atoms with Crippen LogP contribution in [0.15, 0.2) is 18.2 Å². The van der Waals surface area contributed by atoms with Crippen LogP contribution in [0.25, 0.3) is 0 Å². The maximum atomic E-state index is 9.53. The first-order valence-corrected chi connectivity index (χ1v) is 5.43. The van der Waals surface area contributed by atoms with Crippen molar-refractivity contribution in [3.63, 3.8) is 0 Å². The lowest BCUT2D eigenvalue weighted by Gasteiger charge is -2.16. The molecule has 0 radical (unpaired) electrons. The van der Waals surface area contributed by atoms with Crippen LogP contribution in [-0.4, -0.2) is 30.4 Å². The average Bonchev–Trinajstić information content (AvgIpc) is 2.59. The molecule has 2 rings (SSSR count). The van der Waals surface area contributed by atoms with Gasteiger partial charge in [0.05, 0.1) is 10.0 Å². The molecule has 0 aromatic heterocycles. The number of benzene rings is 1. The molecule has 0 bridgehead atoms. The van der Waals surface area contributed by atoms with Gasteiger partial charge in [0.25, 0.3) is 0 Å². The number of rotatable bonds is 2. The molecule has 1 aliphatic heterocycles. The topological polar surface area (TPSA) is 41.5 Å². The average molecular weight is 248 g/mol. The van der Waals surface area contributed by atoms with Crippen LogP contribution >= 0.6 is 23.2 Å². The van der Waals surface area contributed by atoms with E-state index in [1.807, 2.05) is 0 Å². The minimum Gasteiger partial charge on any atom is -0.486 e. The van der Waals surface area contributed by atoms with Gasteiger partial charge in [-0.15, -0.1) is 0 Å². The highest BCUT2D eigenvalue weighted by atomic mass is 35.5. The van der Waals surface area contributed by atoms with Gasteiger partial charge in [-0.3, -0.25) is 0 Å². The maximum absolute atomic E-state index is 9.53. The summed E-state index contributed by atoms with van der Waals surface area (Å²) in [5.41, 5.74) is 0. The molecular weight excluding hydrogens is 237 g/mol. The van der Waals surface area contributed by atoms with Gasteiger partial charge in [0.2, 0.25) is 0 Å². The van der Waals surface area contributed by atoms with Crippen LogP contribution in [0.3, 0.4) is 0 Å². The fourth-order valence-electron chi connectivity index (χ4n) is 1.49. The number of β-amino-alcohol motifs (C(OH)–C–C–N with tert-alkyl or cyclic N) is 1. The van der Waals surface area contributed by atoms with Crippen molar-refractivity contribution in [3.05, 3.63) is 28.2 Å². The molecule has 3 nitrogen and oxygen atoms in total. The fraction of sp³-hybridized carbons (Fsp3) is 0.400. The van der Waals surface area contributed by atoms with Crippen molar-refractivity contribution in [1.29, 1.82) is 0 Å². The summed E-state index contributed by atoms with van der Waals surface area (Å²) in [6.45, 7) is 1.20. The van der Waals surface area contributed by atoms with Gasteiger partial charge in [-0.2, -0.15) is 0 Å². The number of aliphatic hydroxyl groups excluding tert-OH is 1. The van der Waals surface area contributed by atoms with Gasteiger partial charge in [-0.1, -0.05) is 23.2 Å². The zero-order valence-electron chi connectivity index (χ0n) is 7.91. The van der Waals surface area contributed by atoms with Crippen LogP contribution in [0.5, 0.6) is 5.75 Å². The van der Waals surface area contributed by atoms with E-state index in [9.17, 15) is 5.11 Å². The minimum atomic E-state index is -0.473. The summed E-state index contributed by atoms with van der Waals surface area (Å²) in [4.78, 5) is 0. The second-order valence-electron chi connectivity index (χ2n) is 3.46. The molecule has 0 saturated carbocycles. The lowest BCUT2D eigenvalue weighted by atomic mass is 10.2. The van der Waals surface area contributed by atoms with Crippen molar-refractivity contribution in [3.8, 4) is 5.75 Å². The zero-order valence-corrected chi connectivity index (χ0v) is 9.42. The molecule has 1 fully saturated rings. The Morgan fingerprint density at radius 1 is 1.27 bits per heavy atom. The predicted octanol–water partition coefficient (Wildman–Crippen LogP) is 1.70. The quantitative estimate of drug-likeness (QED) is 0.837. The number of nitrogens with one attached hydrogen (secondary N) is 1. The molecule has 2 atom stereocenters. The maximum Gasteiger partial charge on any atom is 0.138 e. The molecule has 1 aromatic rings. The predicted molar refractivity (Wildman–Crippen MR) is 59.8 cm³/mol. The number of ether oxygens (including phenoxy) is 1. The Balaban J connectivity index is 2.07. The van der Waals surface area contributed by atoms with E-state index in [2.05, 4.69) is 5.32 Å². The lowest BCUT2D eigenvalue weighted by Crippen LogP contribution is -2.29. The minimum absolute atomic E-state index is 0.220. The smallest absolute Gasteiger partial charge is 0.138 e. The van der Waals surface area contributed by atoms with Crippen LogP contribution in [0.4, 0.5) is 0 Å². The van der Waals surface area contributed by atoms with Gasteiger partial charge >= 0.3 is 0 Å². The molecule has 1 saturated heterocycles. The molecule has 1 aliphatic rings. The first-order chi connectivity index (χ1) is 7.16. The SMILES string of the molecule is O[C@@H]1CNC[C@H]1Oc1ccc(Cl)c(Cl)c1. The van der Waals surface area contributed by atoms with Crippen LogP contribution in [0.1, 0.15) is 0 Å². The number of aliphatic hydroxyl groups is 1. The zero-order chi connectivity index (χ0) is 10.8. The summed E-state index contributed by atoms with van der Waals surface area (Å²) in [5.74, 6) is 0.622. The lowest BCUT2D eigenvalue weighted by molar-refractivity contribution is 0.0738. The van der Waals surface area contributed by atoms with Gasteiger partial charge < -0.3 is 15.2 Å². The number of hydrogen-bond acceptors (Lipinski definition) is 3. The second kappa shape index (κ2) is 4.58. The van der Waals surface area contributed by atoms with E-state index < -0.39 is 6.10 Å². The molecule has 0 aliphatic carbocycles. The Morgan fingerprint density at radius 3 is 2.67 bits per heavy atom. The Bertz CT molecular complexity index is 359. The molecule has 1 aromatic carbocycles. The Morgan fingerprint density at radius 2 is 2.07 bits per heavy atom. The summed E-state index contributed by atoms with van der Waals surface area (Å²) in [5, 5.41) is 13.5. The fourth-order valence-corrected chi connectivity index (χ4v) is 1.77. The first-order valence-electron chi connectivity index (χ1n) is 4.67. The van der Waals surface area contributed by atoms with Crippen molar-refractivity contribution in [2.45, 2.75) is 12.2 Å². The standard InChI is InChI=1S/C10H11Cl2NO2/c11-7-2-1-6(3-8(7)12)15-10-5-13-4-9(10)14/h1-3,9-10,13-14H,4-5H2/t9-,10-/m1/s1. The molecule has 0 unspecified atom stereocenters. The van der Waals surface area contributed by atoms with E-state index in [0.717, 1.165) is 0 Å². The molecular formula is C10H11Cl2NO2. The number of halogens is 2. The van der Waals surface area contributed by atoms with Crippen molar-refractivity contribution in [1.82, 2.24) is 5.32 Å². The van der Waals surface area contributed by atoms with Crippen LogP contribution < -0.4 is 10.1 Å². The van der Waals surface area contributed by atoms with E-state index in [4.69, 9.17) is 27.9 Å². The van der Waals surface area contributed by atoms with Crippen LogP contribution in [0, 0.1) is 0 Å². The summed E-state index contributed by atoms with van der Waals surface area (Å²) in [6.07, 6.45) is -0.693. The van der Waals surface area contributed by atoms with Gasteiger partial charge in [0.15, 0.2) is 0 Å². The normalized spacial score (nSPS) is 25.5. The molecule has 5 heteroatoms. The van der Waals surface area contributed by atoms with Crippen LogP contribution in [0.2, 0.25) is 10.0 Å². The third-order valence-electron chi connectivity index (χ3n) is 2.31. The van der Waals surface area contributed by atoms with E-state index in [0.29, 0.717) is 28.9 Å². The Kier molecular flexibility index (Phi) is 3.36. The highest BCUT2D eigenvalue weighted by Gasteiger charge is 2.26. The van der Waals surface area contributed by atoms with Crippen molar-refractivity contribution in [2.24, 2.45) is 0 Å². The summed E-state index contributed by atoms with van der Waals surface area (Å²) in [7, 11) is 0. The van der Waals surface area contributed by atoms with E-state index in [-0.39, 0.29) is 6.10 Å². The molecule has 82 valence electrons. The molecule has 15 heavy (non-hydrogen) atoms. The van der Waals surface area contributed by atoms with E-state index >= 15 is 0 Å². The third-order valence-corrected chi connectivity index (χ3v) is 3.05. The van der Waals surface area contributed by atoms with Gasteiger partial charge in [0.1, 0.15) is 18.0 Å². The largest absolute Gasteiger partial charge is 0.486 e. The van der Waals surface area contributed by atoms with Gasteiger partial charge in [-0.05, 0) is 12.1 Å².